The number of nitrogens with zero attached hydrogens (tertiary/aromatic N) is 2. The van der Waals surface area contributed by atoms with E-state index >= 15 is 0 Å². The normalized spacial score (nSPS) is 18.2. The Hall–Kier alpha value is -2.50. The van der Waals surface area contributed by atoms with Crippen molar-refractivity contribution < 1.29 is 9.13 Å². The summed E-state index contributed by atoms with van der Waals surface area (Å²) in [4.78, 5) is 10.2. The molecule has 4 nitrogen and oxygen atoms in total. The lowest BCUT2D eigenvalue weighted by molar-refractivity contribution is -0.0160. The van der Waals surface area contributed by atoms with Crippen LogP contribution in [0, 0.1) is 12.7 Å². The standard InChI is InChI=1S/C21H22FN3O/c1-15-6-8-16(9-7-15)19-12-23-21(24-19)20-14-26-11-10-25(20)13-17-4-2-3-5-18(17)22/h2-9,12,20H,10-11,13-14H2,1H3,(H,23,24)/t20-/m0/s1. The van der Waals surface area contributed by atoms with Gasteiger partial charge in [0.05, 0.1) is 31.1 Å². The highest BCUT2D eigenvalue weighted by atomic mass is 19.1. The van der Waals surface area contributed by atoms with Crippen molar-refractivity contribution in [3.8, 4) is 11.3 Å². The number of H-pyrrole nitrogens is 1. The highest BCUT2D eigenvalue weighted by Gasteiger charge is 2.27. The van der Waals surface area contributed by atoms with Crippen LogP contribution in [0.4, 0.5) is 4.39 Å². The van der Waals surface area contributed by atoms with E-state index in [0.29, 0.717) is 25.3 Å². The summed E-state index contributed by atoms with van der Waals surface area (Å²) < 4.78 is 19.7. The van der Waals surface area contributed by atoms with E-state index in [1.807, 2.05) is 18.3 Å². The quantitative estimate of drug-likeness (QED) is 0.769. The molecular weight excluding hydrogens is 329 g/mol. The van der Waals surface area contributed by atoms with Crippen molar-refractivity contribution in [1.29, 1.82) is 0 Å². The van der Waals surface area contributed by atoms with E-state index in [4.69, 9.17) is 4.74 Å². The highest BCUT2D eigenvalue weighted by Crippen LogP contribution is 2.27. The molecule has 0 amide bonds. The fraction of sp³-hybridized carbons (Fsp3) is 0.286. The summed E-state index contributed by atoms with van der Waals surface area (Å²) in [6.07, 6.45) is 1.86. The maximum atomic E-state index is 14.1. The van der Waals surface area contributed by atoms with E-state index in [2.05, 4.69) is 46.1 Å². The number of morpholine rings is 1. The third kappa shape index (κ3) is 3.54. The SMILES string of the molecule is Cc1ccc(-c2cnc([C@@H]3COCCN3Cc3ccccc3F)[nH]2)cc1. The van der Waals surface area contributed by atoms with Crippen molar-refractivity contribution in [2.75, 3.05) is 19.8 Å². The van der Waals surface area contributed by atoms with Crippen LogP contribution in [-0.4, -0.2) is 34.6 Å². The topological polar surface area (TPSA) is 41.1 Å². The van der Waals surface area contributed by atoms with Crippen molar-refractivity contribution in [2.45, 2.75) is 19.5 Å². The minimum atomic E-state index is -0.169. The smallest absolute Gasteiger partial charge is 0.127 e. The summed E-state index contributed by atoms with van der Waals surface area (Å²) in [7, 11) is 0. The van der Waals surface area contributed by atoms with Gasteiger partial charge in [0, 0.05) is 18.7 Å². The van der Waals surface area contributed by atoms with Crippen LogP contribution >= 0.6 is 0 Å². The van der Waals surface area contributed by atoms with Gasteiger partial charge in [-0.05, 0) is 18.6 Å². The van der Waals surface area contributed by atoms with Crippen molar-refractivity contribution in [3.63, 3.8) is 0 Å². The number of aromatic nitrogens is 2. The van der Waals surface area contributed by atoms with E-state index < -0.39 is 0 Å². The van der Waals surface area contributed by atoms with Crippen LogP contribution in [0.3, 0.4) is 0 Å². The van der Waals surface area contributed by atoms with Gasteiger partial charge in [0.1, 0.15) is 11.6 Å². The highest BCUT2D eigenvalue weighted by molar-refractivity contribution is 5.58. The Morgan fingerprint density at radius 3 is 2.81 bits per heavy atom. The monoisotopic (exact) mass is 351 g/mol. The maximum Gasteiger partial charge on any atom is 0.127 e. The summed E-state index contributed by atoms with van der Waals surface area (Å²) >= 11 is 0. The van der Waals surface area contributed by atoms with Crippen molar-refractivity contribution in [1.82, 2.24) is 14.9 Å². The molecule has 134 valence electrons. The van der Waals surface area contributed by atoms with Crippen LogP contribution in [0.25, 0.3) is 11.3 Å². The van der Waals surface area contributed by atoms with Crippen LogP contribution in [0.5, 0.6) is 0 Å². The molecule has 26 heavy (non-hydrogen) atoms. The Labute approximate surface area is 152 Å². The first-order valence-corrected chi connectivity index (χ1v) is 8.88. The molecule has 0 saturated carbocycles. The van der Waals surface area contributed by atoms with Gasteiger partial charge in [-0.15, -0.1) is 0 Å². The summed E-state index contributed by atoms with van der Waals surface area (Å²) in [5.74, 6) is 0.689. The lowest BCUT2D eigenvalue weighted by Gasteiger charge is -2.34. The van der Waals surface area contributed by atoms with Crippen LogP contribution in [0.15, 0.2) is 54.7 Å². The van der Waals surface area contributed by atoms with Crippen molar-refractivity contribution in [2.24, 2.45) is 0 Å². The number of aromatic amines is 1. The zero-order valence-electron chi connectivity index (χ0n) is 14.8. The molecule has 0 bridgehead atoms. The molecule has 3 aromatic rings. The van der Waals surface area contributed by atoms with Crippen LogP contribution < -0.4 is 0 Å². The minimum absolute atomic E-state index is 0.0115. The molecule has 1 saturated heterocycles. The van der Waals surface area contributed by atoms with Crippen molar-refractivity contribution in [3.05, 3.63) is 77.5 Å². The third-order valence-electron chi connectivity index (χ3n) is 4.84. The molecule has 1 aliphatic heterocycles. The van der Waals surface area contributed by atoms with Gasteiger partial charge < -0.3 is 9.72 Å². The number of imidazole rings is 1. The molecule has 2 aromatic carbocycles. The lowest BCUT2D eigenvalue weighted by atomic mass is 10.1. The van der Waals surface area contributed by atoms with E-state index in [9.17, 15) is 4.39 Å². The molecule has 5 heteroatoms. The number of rotatable bonds is 4. The molecule has 1 aliphatic rings. The third-order valence-corrected chi connectivity index (χ3v) is 4.84. The van der Waals surface area contributed by atoms with Gasteiger partial charge in [0.25, 0.3) is 0 Å². The lowest BCUT2D eigenvalue weighted by Crippen LogP contribution is -2.39. The maximum absolute atomic E-state index is 14.1. The molecule has 1 atom stereocenters. The zero-order valence-corrected chi connectivity index (χ0v) is 14.8. The van der Waals surface area contributed by atoms with Gasteiger partial charge in [-0.2, -0.15) is 0 Å². The Kier molecular flexibility index (Phi) is 4.82. The van der Waals surface area contributed by atoms with E-state index in [1.165, 1.54) is 11.6 Å². The Morgan fingerprint density at radius 2 is 2.00 bits per heavy atom. The number of hydrogen-bond acceptors (Lipinski definition) is 3. The average Bonchev–Trinajstić information content (AvgIpc) is 3.15. The zero-order chi connectivity index (χ0) is 17.9. The number of aryl methyl sites for hydroxylation is 1. The fourth-order valence-corrected chi connectivity index (χ4v) is 3.31. The predicted molar refractivity (Wildman–Crippen MR) is 99.1 cm³/mol. The van der Waals surface area contributed by atoms with Gasteiger partial charge in [-0.3, -0.25) is 4.90 Å². The molecule has 0 aliphatic carbocycles. The average molecular weight is 351 g/mol. The molecule has 0 unspecified atom stereocenters. The first kappa shape index (κ1) is 16.9. The molecule has 2 heterocycles. The Morgan fingerprint density at radius 1 is 1.19 bits per heavy atom. The molecular formula is C21H22FN3O. The number of ether oxygens (including phenoxy) is 1. The second-order valence-corrected chi connectivity index (χ2v) is 6.70. The fourth-order valence-electron chi connectivity index (χ4n) is 3.31. The molecule has 4 rings (SSSR count). The van der Waals surface area contributed by atoms with Gasteiger partial charge >= 0.3 is 0 Å². The molecule has 0 spiro atoms. The first-order chi connectivity index (χ1) is 12.7. The molecule has 0 radical (unpaired) electrons. The van der Waals surface area contributed by atoms with Crippen LogP contribution in [0.1, 0.15) is 23.0 Å². The first-order valence-electron chi connectivity index (χ1n) is 8.88. The Bertz CT molecular complexity index is 875. The number of benzene rings is 2. The summed E-state index contributed by atoms with van der Waals surface area (Å²) in [5, 5.41) is 0. The van der Waals surface area contributed by atoms with Gasteiger partial charge in [-0.25, -0.2) is 9.37 Å². The number of halogens is 1. The van der Waals surface area contributed by atoms with Crippen LogP contribution in [0.2, 0.25) is 0 Å². The minimum Gasteiger partial charge on any atom is -0.378 e. The largest absolute Gasteiger partial charge is 0.378 e. The molecule has 1 fully saturated rings. The second-order valence-electron chi connectivity index (χ2n) is 6.70. The molecule has 1 N–H and O–H groups in total. The van der Waals surface area contributed by atoms with Gasteiger partial charge in [-0.1, -0.05) is 48.0 Å². The van der Waals surface area contributed by atoms with Gasteiger partial charge in [0.15, 0.2) is 0 Å². The van der Waals surface area contributed by atoms with Crippen LogP contribution in [-0.2, 0) is 11.3 Å². The Balaban J connectivity index is 1.57. The van der Waals surface area contributed by atoms with E-state index in [1.54, 1.807) is 6.07 Å². The summed E-state index contributed by atoms with van der Waals surface area (Å²) in [5.41, 5.74) is 4.01. The number of nitrogens with one attached hydrogen (secondary N) is 1. The number of hydrogen-bond donors (Lipinski definition) is 1. The second kappa shape index (κ2) is 7.40. The summed E-state index contributed by atoms with van der Waals surface area (Å²) in [6, 6.07) is 15.3. The van der Waals surface area contributed by atoms with E-state index in [0.717, 1.165) is 23.6 Å². The van der Waals surface area contributed by atoms with Crippen molar-refractivity contribution >= 4 is 0 Å². The van der Waals surface area contributed by atoms with Gasteiger partial charge in [0.2, 0.25) is 0 Å². The summed E-state index contributed by atoms with van der Waals surface area (Å²) in [6.45, 7) is 4.56. The molecule has 1 aromatic heterocycles. The van der Waals surface area contributed by atoms with E-state index in [-0.39, 0.29) is 11.9 Å². The predicted octanol–water partition coefficient (Wildman–Crippen LogP) is 4.10.